The van der Waals surface area contributed by atoms with Crippen molar-refractivity contribution in [3.05, 3.63) is 0 Å². The summed E-state index contributed by atoms with van der Waals surface area (Å²) < 4.78 is 5.06. The Hall–Kier alpha value is -1.06. The summed E-state index contributed by atoms with van der Waals surface area (Å²) in [6.07, 6.45) is 5.36. The van der Waals surface area contributed by atoms with Crippen LogP contribution in [-0.2, 0) is 14.3 Å². The van der Waals surface area contributed by atoms with Crippen LogP contribution in [-0.4, -0.2) is 36.0 Å². The molecule has 0 aromatic rings. The van der Waals surface area contributed by atoms with Crippen molar-refractivity contribution in [1.29, 1.82) is 0 Å². The molecule has 1 amide bonds. The van der Waals surface area contributed by atoms with Gasteiger partial charge in [-0.05, 0) is 19.8 Å². The fourth-order valence-electron chi connectivity index (χ4n) is 2.23. The van der Waals surface area contributed by atoms with Gasteiger partial charge in [-0.3, -0.25) is 4.79 Å². The third-order valence-electron chi connectivity index (χ3n) is 3.13. The van der Waals surface area contributed by atoms with Crippen LogP contribution in [0.1, 0.15) is 52.4 Å². The number of unbranched alkanes of at least 4 members (excludes halogenated alkanes) is 2. The van der Waals surface area contributed by atoms with Gasteiger partial charge in [0.1, 0.15) is 6.04 Å². The van der Waals surface area contributed by atoms with Crippen molar-refractivity contribution >= 4 is 11.9 Å². The standard InChI is InChI=1S/C13H23NO3/c1-3-5-6-8-11(13(16)17-4-2)14-10-7-9-12(14)15/h11H,3-10H2,1-2H3. The Bertz CT molecular complexity index is 265. The van der Waals surface area contributed by atoms with Gasteiger partial charge in [-0.1, -0.05) is 26.2 Å². The highest BCUT2D eigenvalue weighted by Gasteiger charge is 2.33. The summed E-state index contributed by atoms with van der Waals surface area (Å²) in [5.74, 6) is -0.140. The van der Waals surface area contributed by atoms with Gasteiger partial charge in [-0.15, -0.1) is 0 Å². The van der Waals surface area contributed by atoms with E-state index in [-0.39, 0.29) is 17.9 Å². The van der Waals surface area contributed by atoms with Crippen molar-refractivity contribution in [2.45, 2.75) is 58.4 Å². The van der Waals surface area contributed by atoms with E-state index in [1.54, 1.807) is 11.8 Å². The number of esters is 1. The lowest BCUT2D eigenvalue weighted by Crippen LogP contribution is -2.42. The topological polar surface area (TPSA) is 46.6 Å². The normalized spacial score (nSPS) is 17.3. The van der Waals surface area contributed by atoms with E-state index in [1.165, 1.54) is 0 Å². The molecule has 0 bridgehead atoms. The molecule has 1 rings (SSSR count). The molecular formula is C13H23NO3. The van der Waals surface area contributed by atoms with Gasteiger partial charge in [-0.2, -0.15) is 0 Å². The lowest BCUT2D eigenvalue weighted by molar-refractivity contribution is -0.153. The summed E-state index contributed by atoms with van der Waals surface area (Å²) in [5, 5.41) is 0. The van der Waals surface area contributed by atoms with Crippen molar-refractivity contribution in [2.75, 3.05) is 13.2 Å². The van der Waals surface area contributed by atoms with Crippen LogP contribution in [0.25, 0.3) is 0 Å². The lowest BCUT2D eigenvalue weighted by Gasteiger charge is -2.25. The second-order valence-electron chi connectivity index (χ2n) is 4.45. The first kappa shape index (κ1) is 14.0. The molecule has 4 nitrogen and oxygen atoms in total. The van der Waals surface area contributed by atoms with Gasteiger partial charge < -0.3 is 9.64 Å². The second-order valence-corrected chi connectivity index (χ2v) is 4.45. The van der Waals surface area contributed by atoms with E-state index in [9.17, 15) is 9.59 Å². The van der Waals surface area contributed by atoms with Crippen LogP contribution in [0.15, 0.2) is 0 Å². The Morgan fingerprint density at radius 3 is 2.71 bits per heavy atom. The van der Waals surface area contributed by atoms with Crippen molar-refractivity contribution in [2.24, 2.45) is 0 Å². The Morgan fingerprint density at radius 1 is 1.41 bits per heavy atom. The zero-order valence-electron chi connectivity index (χ0n) is 10.9. The Balaban J connectivity index is 2.57. The van der Waals surface area contributed by atoms with E-state index >= 15 is 0 Å². The molecule has 4 heteroatoms. The van der Waals surface area contributed by atoms with E-state index in [0.717, 1.165) is 32.1 Å². The first-order chi connectivity index (χ1) is 8.20. The number of hydrogen-bond donors (Lipinski definition) is 0. The zero-order chi connectivity index (χ0) is 12.7. The monoisotopic (exact) mass is 241 g/mol. The number of hydrogen-bond acceptors (Lipinski definition) is 3. The second kappa shape index (κ2) is 7.30. The summed E-state index contributed by atoms with van der Waals surface area (Å²) in [6.45, 7) is 5.01. The Morgan fingerprint density at radius 2 is 2.18 bits per heavy atom. The highest BCUT2D eigenvalue weighted by molar-refractivity contribution is 5.85. The molecule has 1 heterocycles. The number of nitrogens with zero attached hydrogens (tertiary/aromatic N) is 1. The molecule has 1 aliphatic rings. The number of carbonyl (C=O) groups excluding carboxylic acids is 2. The van der Waals surface area contributed by atoms with Crippen LogP contribution in [0.2, 0.25) is 0 Å². The third-order valence-corrected chi connectivity index (χ3v) is 3.13. The van der Waals surface area contributed by atoms with Crippen molar-refractivity contribution < 1.29 is 14.3 Å². The maximum absolute atomic E-state index is 11.9. The van der Waals surface area contributed by atoms with Gasteiger partial charge in [0.15, 0.2) is 0 Å². The van der Waals surface area contributed by atoms with Gasteiger partial charge in [0.05, 0.1) is 6.61 Å². The van der Waals surface area contributed by atoms with E-state index < -0.39 is 0 Å². The molecule has 0 aromatic carbocycles. The molecule has 0 N–H and O–H groups in total. The van der Waals surface area contributed by atoms with Crippen molar-refractivity contribution in [1.82, 2.24) is 4.90 Å². The SMILES string of the molecule is CCCCCC(C(=O)OCC)N1CCCC1=O. The molecule has 0 aromatic heterocycles. The zero-order valence-corrected chi connectivity index (χ0v) is 10.9. The van der Waals surface area contributed by atoms with Gasteiger partial charge in [0.25, 0.3) is 0 Å². The van der Waals surface area contributed by atoms with Crippen LogP contribution in [0.4, 0.5) is 0 Å². The minimum Gasteiger partial charge on any atom is -0.464 e. The van der Waals surface area contributed by atoms with Gasteiger partial charge in [0.2, 0.25) is 5.91 Å². The van der Waals surface area contributed by atoms with Crippen LogP contribution < -0.4 is 0 Å². The first-order valence-electron chi connectivity index (χ1n) is 6.66. The maximum atomic E-state index is 11.9. The lowest BCUT2D eigenvalue weighted by atomic mass is 10.1. The number of amides is 1. The molecule has 0 aliphatic carbocycles. The Labute approximate surface area is 103 Å². The minimum absolute atomic E-state index is 0.0968. The molecule has 1 unspecified atom stereocenters. The first-order valence-corrected chi connectivity index (χ1v) is 6.66. The smallest absolute Gasteiger partial charge is 0.328 e. The van der Waals surface area contributed by atoms with E-state index in [2.05, 4.69) is 6.92 Å². The number of ether oxygens (including phenoxy) is 1. The molecule has 0 radical (unpaired) electrons. The van der Waals surface area contributed by atoms with Crippen LogP contribution in [0.5, 0.6) is 0 Å². The summed E-state index contributed by atoms with van der Waals surface area (Å²) in [4.78, 5) is 25.2. The van der Waals surface area contributed by atoms with Crippen LogP contribution in [0, 0.1) is 0 Å². The summed E-state index contributed by atoms with van der Waals surface area (Å²) >= 11 is 0. The van der Waals surface area contributed by atoms with Crippen molar-refractivity contribution in [3.63, 3.8) is 0 Å². The number of likely N-dealkylation sites (tertiary alicyclic amines) is 1. The highest BCUT2D eigenvalue weighted by atomic mass is 16.5. The number of carbonyl (C=O) groups is 2. The summed E-state index contributed by atoms with van der Waals surface area (Å²) in [7, 11) is 0. The van der Waals surface area contributed by atoms with Crippen LogP contribution >= 0.6 is 0 Å². The quantitative estimate of drug-likeness (QED) is 0.506. The molecule has 17 heavy (non-hydrogen) atoms. The minimum atomic E-state index is -0.350. The molecular weight excluding hydrogens is 218 g/mol. The van der Waals surface area contributed by atoms with Crippen molar-refractivity contribution in [3.8, 4) is 0 Å². The molecule has 98 valence electrons. The molecule has 1 fully saturated rings. The maximum Gasteiger partial charge on any atom is 0.328 e. The van der Waals surface area contributed by atoms with E-state index in [1.807, 2.05) is 0 Å². The average Bonchev–Trinajstić information content (AvgIpc) is 2.71. The van der Waals surface area contributed by atoms with E-state index in [4.69, 9.17) is 4.74 Å². The predicted molar refractivity (Wildman–Crippen MR) is 65.5 cm³/mol. The largest absolute Gasteiger partial charge is 0.464 e. The molecule has 1 atom stereocenters. The average molecular weight is 241 g/mol. The van der Waals surface area contributed by atoms with Gasteiger partial charge in [-0.25, -0.2) is 4.79 Å². The predicted octanol–water partition coefficient (Wildman–Crippen LogP) is 2.12. The van der Waals surface area contributed by atoms with Gasteiger partial charge in [0, 0.05) is 13.0 Å². The molecule has 1 aliphatic heterocycles. The molecule has 0 spiro atoms. The third kappa shape index (κ3) is 4.02. The highest BCUT2D eigenvalue weighted by Crippen LogP contribution is 2.19. The number of rotatable bonds is 7. The molecule has 1 saturated heterocycles. The summed E-state index contributed by atoms with van der Waals surface area (Å²) in [5.41, 5.74) is 0. The van der Waals surface area contributed by atoms with Gasteiger partial charge >= 0.3 is 5.97 Å². The van der Waals surface area contributed by atoms with E-state index in [0.29, 0.717) is 19.6 Å². The fourth-order valence-corrected chi connectivity index (χ4v) is 2.23. The molecule has 0 saturated carbocycles. The summed E-state index contributed by atoms with van der Waals surface area (Å²) in [6, 6.07) is -0.350. The fraction of sp³-hybridized carbons (Fsp3) is 0.846. The Kier molecular flexibility index (Phi) is 6.01. The van der Waals surface area contributed by atoms with Crippen LogP contribution in [0.3, 0.4) is 0 Å².